The van der Waals surface area contributed by atoms with Gasteiger partial charge < -0.3 is 15.2 Å². The van der Waals surface area contributed by atoms with Crippen molar-refractivity contribution < 1.29 is 8.42 Å². The molecule has 8 nitrogen and oxygen atoms in total. The third kappa shape index (κ3) is 3.23. The van der Waals surface area contributed by atoms with Crippen LogP contribution in [-0.2, 0) is 17.1 Å². The van der Waals surface area contributed by atoms with Gasteiger partial charge in [0.2, 0.25) is 16.0 Å². The highest BCUT2D eigenvalue weighted by Crippen LogP contribution is 2.28. The maximum absolute atomic E-state index is 11.4. The molecule has 4 rings (SSSR count). The van der Waals surface area contributed by atoms with Gasteiger partial charge in [-0.3, -0.25) is 0 Å². The fourth-order valence-corrected chi connectivity index (χ4v) is 3.47. The minimum atomic E-state index is -3.71. The van der Waals surface area contributed by atoms with Gasteiger partial charge in [0.25, 0.3) is 0 Å². The summed E-state index contributed by atoms with van der Waals surface area (Å²) in [4.78, 5) is 9.24. The van der Waals surface area contributed by atoms with E-state index in [-0.39, 0.29) is 4.90 Å². The van der Waals surface area contributed by atoms with Crippen LogP contribution in [0.25, 0.3) is 11.0 Å². The molecule has 1 aliphatic carbocycles. The zero-order chi connectivity index (χ0) is 18.3. The molecule has 2 heterocycles. The molecule has 0 spiro atoms. The lowest BCUT2D eigenvalue weighted by molar-refractivity contribution is 0.444. The van der Waals surface area contributed by atoms with E-state index in [2.05, 4.69) is 20.6 Å². The van der Waals surface area contributed by atoms with Crippen LogP contribution in [0.2, 0.25) is 0 Å². The molecule has 4 N–H and O–H groups in total. The largest absolute Gasteiger partial charge is 0.365 e. The summed E-state index contributed by atoms with van der Waals surface area (Å²) in [6.45, 7) is 0. The summed E-state index contributed by atoms with van der Waals surface area (Å²) in [6.07, 6.45) is 5.48. The van der Waals surface area contributed by atoms with Crippen molar-refractivity contribution in [3.63, 3.8) is 0 Å². The van der Waals surface area contributed by atoms with Crippen molar-refractivity contribution >= 4 is 38.5 Å². The lowest BCUT2D eigenvalue weighted by Gasteiger charge is -2.27. The standard InChI is InChI=1S/C17H20N6O2S/c1-23-10-9-14-15(23)16(19-11-3-2-4-11)22-17(21-14)20-12-5-7-13(8-6-12)26(18,24)25/h5-11H,2-4H2,1H3,(H2,18,24,25)(H2,19,20,21,22). The van der Waals surface area contributed by atoms with Crippen molar-refractivity contribution in [1.82, 2.24) is 14.5 Å². The second-order valence-electron chi connectivity index (χ2n) is 6.52. The summed E-state index contributed by atoms with van der Waals surface area (Å²) in [5.41, 5.74) is 2.49. The van der Waals surface area contributed by atoms with Crippen LogP contribution in [-0.4, -0.2) is 29.0 Å². The fraction of sp³-hybridized carbons (Fsp3) is 0.294. The van der Waals surface area contributed by atoms with E-state index in [1.54, 1.807) is 12.1 Å². The molecule has 136 valence electrons. The van der Waals surface area contributed by atoms with Gasteiger partial charge in [0.15, 0.2) is 5.82 Å². The van der Waals surface area contributed by atoms with Gasteiger partial charge in [0, 0.05) is 25.0 Å². The number of hydrogen-bond donors (Lipinski definition) is 3. The third-order valence-electron chi connectivity index (χ3n) is 4.60. The van der Waals surface area contributed by atoms with Gasteiger partial charge >= 0.3 is 0 Å². The predicted molar refractivity (Wildman–Crippen MR) is 101 cm³/mol. The Morgan fingerprint density at radius 3 is 2.50 bits per heavy atom. The molecule has 26 heavy (non-hydrogen) atoms. The second kappa shape index (κ2) is 6.26. The van der Waals surface area contributed by atoms with Crippen LogP contribution < -0.4 is 15.8 Å². The maximum atomic E-state index is 11.4. The number of aryl methyl sites for hydroxylation is 1. The van der Waals surface area contributed by atoms with E-state index in [0.717, 1.165) is 29.7 Å². The first-order valence-electron chi connectivity index (χ1n) is 8.40. The third-order valence-corrected chi connectivity index (χ3v) is 5.53. The molecular weight excluding hydrogens is 352 g/mol. The molecule has 1 aromatic carbocycles. The van der Waals surface area contributed by atoms with Gasteiger partial charge in [-0.05, 0) is 49.6 Å². The van der Waals surface area contributed by atoms with Crippen LogP contribution in [0.3, 0.4) is 0 Å². The van der Waals surface area contributed by atoms with Crippen molar-refractivity contribution in [1.29, 1.82) is 0 Å². The highest BCUT2D eigenvalue weighted by atomic mass is 32.2. The Labute approximate surface area is 151 Å². The van der Waals surface area contributed by atoms with E-state index < -0.39 is 10.0 Å². The zero-order valence-corrected chi connectivity index (χ0v) is 15.1. The average molecular weight is 372 g/mol. The second-order valence-corrected chi connectivity index (χ2v) is 8.08. The Bertz CT molecular complexity index is 1050. The predicted octanol–water partition coefficient (Wildman–Crippen LogP) is 2.32. The molecule has 0 bridgehead atoms. The molecule has 0 unspecified atom stereocenters. The van der Waals surface area contributed by atoms with Crippen LogP contribution in [0, 0.1) is 0 Å². The quantitative estimate of drug-likeness (QED) is 0.633. The van der Waals surface area contributed by atoms with Crippen LogP contribution in [0.5, 0.6) is 0 Å². The van der Waals surface area contributed by atoms with Crippen molar-refractivity contribution in [2.24, 2.45) is 12.2 Å². The molecule has 0 atom stereocenters. The Morgan fingerprint density at radius 2 is 1.88 bits per heavy atom. The first-order valence-corrected chi connectivity index (χ1v) is 9.94. The SMILES string of the molecule is Cn1ccc2nc(Nc3ccc(S(N)(=O)=O)cc3)nc(NC3CCC3)c21. The number of aromatic nitrogens is 3. The van der Waals surface area contributed by atoms with Crippen LogP contribution in [0.1, 0.15) is 19.3 Å². The molecule has 1 aliphatic rings. The molecule has 0 radical (unpaired) electrons. The van der Waals surface area contributed by atoms with Crippen LogP contribution in [0.15, 0.2) is 41.4 Å². The fourth-order valence-electron chi connectivity index (χ4n) is 2.95. The molecule has 3 aromatic rings. The van der Waals surface area contributed by atoms with Crippen molar-refractivity contribution in [2.75, 3.05) is 10.6 Å². The summed E-state index contributed by atoms with van der Waals surface area (Å²) < 4.78 is 24.7. The summed E-state index contributed by atoms with van der Waals surface area (Å²) >= 11 is 0. The molecule has 0 amide bonds. The Kier molecular flexibility index (Phi) is 4.04. The smallest absolute Gasteiger partial charge is 0.238 e. The molecule has 0 saturated heterocycles. The Balaban J connectivity index is 1.65. The normalized spacial score (nSPS) is 15.0. The van der Waals surface area contributed by atoms with Crippen molar-refractivity contribution in [3.8, 4) is 0 Å². The molecule has 0 aliphatic heterocycles. The lowest BCUT2D eigenvalue weighted by Crippen LogP contribution is -2.28. The Hall–Kier alpha value is -2.65. The van der Waals surface area contributed by atoms with E-state index in [1.807, 2.05) is 23.9 Å². The highest BCUT2D eigenvalue weighted by Gasteiger charge is 2.20. The lowest BCUT2D eigenvalue weighted by atomic mass is 9.93. The van der Waals surface area contributed by atoms with Crippen molar-refractivity contribution in [3.05, 3.63) is 36.5 Å². The number of anilines is 3. The zero-order valence-electron chi connectivity index (χ0n) is 14.3. The first-order chi connectivity index (χ1) is 12.4. The maximum Gasteiger partial charge on any atom is 0.238 e. The molecular formula is C17H20N6O2S. The molecule has 1 saturated carbocycles. The number of sulfonamides is 1. The van der Waals surface area contributed by atoms with E-state index in [0.29, 0.717) is 17.7 Å². The summed E-state index contributed by atoms with van der Waals surface area (Å²) in [6, 6.07) is 8.57. The monoisotopic (exact) mass is 372 g/mol. The van der Waals surface area contributed by atoms with Gasteiger partial charge in [-0.15, -0.1) is 0 Å². The number of nitrogens with two attached hydrogens (primary N) is 1. The topological polar surface area (TPSA) is 115 Å². The summed E-state index contributed by atoms with van der Waals surface area (Å²) in [5, 5.41) is 11.7. The van der Waals surface area contributed by atoms with Crippen molar-refractivity contribution in [2.45, 2.75) is 30.2 Å². The number of rotatable bonds is 5. The number of hydrogen-bond acceptors (Lipinski definition) is 6. The van der Waals surface area contributed by atoms with E-state index in [9.17, 15) is 8.42 Å². The van der Waals surface area contributed by atoms with Crippen LogP contribution >= 0.6 is 0 Å². The first kappa shape index (κ1) is 16.8. The van der Waals surface area contributed by atoms with E-state index >= 15 is 0 Å². The van der Waals surface area contributed by atoms with Crippen LogP contribution in [0.4, 0.5) is 17.5 Å². The summed E-state index contributed by atoms with van der Waals surface area (Å²) in [5.74, 6) is 1.25. The van der Waals surface area contributed by atoms with Gasteiger partial charge in [-0.1, -0.05) is 0 Å². The minimum absolute atomic E-state index is 0.0646. The number of fused-ring (bicyclic) bond motifs is 1. The van der Waals surface area contributed by atoms with E-state index in [1.165, 1.54) is 18.6 Å². The van der Waals surface area contributed by atoms with E-state index in [4.69, 9.17) is 5.14 Å². The van der Waals surface area contributed by atoms with Gasteiger partial charge in [-0.2, -0.15) is 4.98 Å². The van der Waals surface area contributed by atoms with Gasteiger partial charge in [0.1, 0.15) is 5.52 Å². The number of nitrogens with one attached hydrogen (secondary N) is 2. The number of primary sulfonamides is 1. The molecule has 1 fully saturated rings. The highest BCUT2D eigenvalue weighted by molar-refractivity contribution is 7.89. The molecule has 2 aromatic heterocycles. The molecule has 9 heteroatoms. The minimum Gasteiger partial charge on any atom is -0.365 e. The Morgan fingerprint density at radius 1 is 1.15 bits per heavy atom. The van der Waals surface area contributed by atoms with Gasteiger partial charge in [-0.25, -0.2) is 18.5 Å². The average Bonchev–Trinajstić information content (AvgIpc) is 2.92. The number of benzene rings is 1. The summed E-state index contributed by atoms with van der Waals surface area (Å²) in [7, 11) is -1.74. The van der Waals surface area contributed by atoms with Gasteiger partial charge in [0.05, 0.1) is 10.4 Å². The number of nitrogens with zero attached hydrogens (tertiary/aromatic N) is 3.